The Labute approximate surface area is 89.8 Å². The van der Waals surface area contributed by atoms with Crippen molar-refractivity contribution in [1.29, 1.82) is 0 Å². The predicted octanol–water partition coefficient (Wildman–Crippen LogP) is 1.50. The Kier molecular flexibility index (Phi) is 4.12. The lowest BCUT2D eigenvalue weighted by Gasteiger charge is -2.11. The molecule has 4 heteroatoms. The van der Waals surface area contributed by atoms with Gasteiger partial charge in [0.2, 0.25) is 0 Å². The third-order valence-electron chi connectivity index (χ3n) is 2.30. The molecule has 0 aromatic heterocycles. The van der Waals surface area contributed by atoms with Crippen LogP contribution in [0.5, 0.6) is 0 Å². The van der Waals surface area contributed by atoms with Crippen LogP contribution in [-0.4, -0.2) is 11.9 Å². The van der Waals surface area contributed by atoms with Crippen LogP contribution in [0.15, 0.2) is 24.3 Å². The monoisotopic (exact) mass is 207 g/mol. The summed E-state index contributed by atoms with van der Waals surface area (Å²) in [5.41, 5.74) is 3.95. The van der Waals surface area contributed by atoms with Crippen LogP contribution in [0.1, 0.15) is 30.6 Å². The normalized spacial score (nSPS) is 11.9. The maximum Gasteiger partial charge on any atom is 0.251 e. The van der Waals surface area contributed by atoms with E-state index in [4.69, 9.17) is 5.84 Å². The van der Waals surface area contributed by atoms with Crippen LogP contribution in [-0.2, 0) is 0 Å². The molecule has 1 amide bonds. The smallest absolute Gasteiger partial charge is 0.251 e. The fourth-order valence-electron chi connectivity index (χ4n) is 1.13. The van der Waals surface area contributed by atoms with Gasteiger partial charge < -0.3 is 10.7 Å². The Hall–Kier alpha value is -1.55. The molecule has 0 aliphatic rings. The molecule has 1 aromatic rings. The van der Waals surface area contributed by atoms with Gasteiger partial charge in [0.05, 0.1) is 0 Å². The van der Waals surface area contributed by atoms with E-state index in [2.05, 4.69) is 10.7 Å². The zero-order chi connectivity index (χ0) is 11.3. The summed E-state index contributed by atoms with van der Waals surface area (Å²) in [5, 5.41) is 2.89. The highest BCUT2D eigenvalue weighted by atomic mass is 16.1. The van der Waals surface area contributed by atoms with Gasteiger partial charge in [-0.1, -0.05) is 6.92 Å². The Morgan fingerprint density at radius 2 is 2.00 bits per heavy atom. The van der Waals surface area contributed by atoms with Crippen molar-refractivity contribution in [3.05, 3.63) is 29.8 Å². The van der Waals surface area contributed by atoms with Crippen LogP contribution in [0.3, 0.4) is 0 Å². The standard InChI is InChI=1S/C11H17N3O/c1-3-8(2)13-11(15)9-4-6-10(14-12)7-5-9/h4-8,14H,3,12H2,1-2H3,(H,13,15). The van der Waals surface area contributed by atoms with Crippen molar-refractivity contribution in [3.63, 3.8) is 0 Å². The fraction of sp³-hybridized carbons (Fsp3) is 0.364. The van der Waals surface area contributed by atoms with Gasteiger partial charge in [-0.05, 0) is 37.6 Å². The maximum absolute atomic E-state index is 11.7. The molecule has 4 N–H and O–H groups in total. The molecule has 0 saturated heterocycles. The molecule has 0 heterocycles. The van der Waals surface area contributed by atoms with E-state index in [1.807, 2.05) is 13.8 Å². The average molecular weight is 207 g/mol. The van der Waals surface area contributed by atoms with Crippen LogP contribution in [0.25, 0.3) is 0 Å². The van der Waals surface area contributed by atoms with Gasteiger partial charge in [-0.3, -0.25) is 10.6 Å². The summed E-state index contributed by atoms with van der Waals surface area (Å²) in [7, 11) is 0. The highest BCUT2D eigenvalue weighted by molar-refractivity contribution is 5.94. The van der Waals surface area contributed by atoms with E-state index in [0.29, 0.717) is 5.56 Å². The molecule has 4 nitrogen and oxygen atoms in total. The van der Waals surface area contributed by atoms with Gasteiger partial charge in [0.25, 0.3) is 5.91 Å². The number of nitrogen functional groups attached to an aromatic ring is 1. The van der Waals surface area contributed by atoms with Crippen molar-refractivity contribution < 1.29 is 4.79 Å². The molecule has 0 saturated carbocycles. The first-order valence-corrected chi connectivity index (χ1v) is 5.05. The third kappa shape index (κ3) is 3.25. The number of benzene rings is 1. The molecule has 1 aromatic carbocycles. The summed E-state index contributed by atoms with van der Waals surface area (Å²) >= 11 is 0. The Morgan fingerprint density at radius 1 is 1.40 bits per heavy atom. The molecule has 0 spiro atoms. The minimum Gasteiger partial charge on any atom is -0.350 e. The molecule has 0 fully saturated rings. The van der Waals surface area contributed by atoms with Crippen LogP contribution in [0, 0.1) is 0 Å². The van der Waals surface area contributed by atoms with Crippen molar-refractivity contribution in [2.45, 2.75) is 26.3 Å². The van der Waals surface area contributed by atoms with E-state index in [0.717, 1.165) is 12.1 Å². The fourth-order valence-corrected chi connectivity index (χ4v) is 1.13. The number of hydrazine groups is 1. The van der Waals surface area contributed by atoms with E-state index in [9.17, 15) is 4.79 Å². The van der Waals surface area contributed by atoms with E-state index < -0.39 is 0 Å². The topological polar surface area (TPSA) is 67.2 Å². The Bertz CT molecular complexity index is 321. The minimum atomic E-state index is -0.0482. The van der Waals surface area contributed by atoms with Crippen LogP contribution in [0.2, 0.25) is 0 Å². The van der Waals surface area contributed by atoms with E-state index in [-0.39, 0.29) is 11.9 Å². The van der Waals surface area contributed by atoms with Crippen LogP contribution in [0.4, 0.5) is 5.69 Å². The van der Waals surface area contributed by atoms with Gasteiger partial charge in [0.1, 0.15) is 0 Å². The van der Waals surface area contributed by atoms with Crippen LogP contribution >= 0.6 is 0 Å². The zero-order valence-electron chi connectivity index (χ0n) is 9.08. The van der Waals surface area contributed by atoms with Crippen molar-refractivity contribution >= 4 is 11.6 Å². The Balaban J connectivity index is 2.66. The molecule has 1 rings (SSSR count). The number of carbonyl (C=O) groups is 1. The highest BCUT2D eigenvalue weighted by Crippen LogP contribution is 2.08. The van der Waals surface area contributed by atoms with E-state index in [1.165, 1.54) is 0 Å². The number of nitrogens with two attached hydrogens (primary N) is 1. The molecule has 82 valence electrons. The highest BCUT2D eigenvalue weighted by Gasteiger charge is 2.07. The second kappa shape index (κ2) is 5.36. The van der Waals surface area contributed by atoms with Crippen molar-refractivity contribution in [3.8, 4) is 0 Å². The number of carbonyl (C=O) groups excluding carboxylic acids is 1. The van der Waals surface area contributed by atoms with Gasteiger partial charge in [-0.2, -0.15) is 0 Å². The van der Waals surface area contributed by atoms with Gasteiger partial charge in [-0.25, -0.2) is 0 Å². The van der Waals surface area contributed by atoms with Gasteiger partial charge in [-0.15, -0.1) is 0 Å². The summed E-state index contributed by atoms with van der Waals surface area (Å²) < 4.78 is 0. The molecule has 0 aliphatic carbocycles. The van der Waals surface area contributed by atoms with E-state index >= 15 is 0 Å². The lowest BCUT2D eigenvalue weighted by atomic mass is 10.1. The molecular weight excluding hydrogens is 190 g/mol. The quantitative estimate of drug-likeness (QED) is 0.517. The largest absolute Gasteiger partial charge is 0.350 e. The first kappa shape index (κ1) is 11.5. The number of hydrogen-bond acceptors (Lipinski definition) is 3. The molecule has 0 bridgehead atoms. The molecule has 1 atom stereocenters. The summed E-state index contributed by atoms with van der Waals surface area (Å²) in [6.45, 7) is 4.01. The second-order valence-corrected chi connectivity index (χ2v) is 3.50. The Morgan fingerprint density at radius 3 is 2.47 bits per heavy atom. The summed E-state index contributed by atoms with van der Waals surface area (Å²) in [6.07, 6.45) is 0.925. The minimum absolute atomic E-state index is 0.0482. The van der Waals surface area contributed by atoms with Crippen LogP contribution < -0.4 is 16.6 Å². The average Bonchev–Trinajstić information content (AvgIpc) is 2.29. The number of nitrogens with one attached hydrogen (secondary N) is 2. The zero-order valence-corrected chi connectivity index (χ0v) is 9.08. The third-order valence-corrected chi connectivity index (χ3v) is 2.30. The van der Waals surface area contributed by atoms with Gasteiger partial charge >= 0.3 is 0 Å². The first-order valence-electron chi connectivity index (χ1n) is 5.05. The molecule has 1 unspecified atom stereocenters. The molecule has 15 heavy (non-hydrogen) atoms. The van der Waals surface area contributed by atoms with Gasteiger partial charge in [0.15, 0.2) is 0 Å². The second-order valence-electron chi connectivity index (χ2n) is 3.50. The molecule has 0 radical (unpaired) electrons. The lowest BCUT2D eigenvalue weighted by molar-refractivity contribution is 0.0939. The number of anilines is 1. The lowest BCUT2D eigenvalue weighted by Crippen LogP contribution is -2.31. The van der Waals surface area contributed by atoms with E-state index in [1.54, 1.807) is 24.3 Å². The van der Waals surface area contributed by atoms with Crippen molar-refractivity contribution in [2.75, 3.05) is 5.43 Å². The summed E-state index contributed by atoms with van der Waals surface area (Å²) in [6, 6.07) is 7.22. The van der Waals surface area contributed by atoms with Crippen molar-refractivity contribution in [1.82, 2.24) is 5.32 Å². The van der Waals surface area contributed by atoms with Gasteiger partial charge in [0, 0.05) is 17.3 Å². The SMILES string of the molecule is CCC(C)NC(=O)c1ccc(NN)cc1. The predicted molar refractivity (Wildman–Crippen MR) is 61.5 cm³/mol. The maximum atomic E-state index is 11.7. The van der Waals surface area contributed by atoms with Crippen molar-refractivity contribution in [2.24, 2.45) is 5.84 Å². The molecule has 0 aliphatic heterocycles. The number of hydrogen-bond donors (Lipinski definition) is 3. The first-order chi connectivity index (χ1) is 7.17. The summed E-state index contributed by atoms with van der Waals surface area (Å²) in [4.78, 5) is 11.7. The molecular formula is C11H17N3O. The summed E-state index contributed by atoms with van der Waals surface area (Å²) in [5.74, 6) is 5.18. The number of rotatable bonds is 4. The number of amides is 1.